The van der Waals surface area contributed by atoms with Crippen LogP contribution in [0.2, 0.25) is 0 Å². The highest BCUT2D eigenvalue weighted by molar-refractivity contribution is 5.16. The highest BCUT2D eigenvalue weighted by Crippen LogP contribution is 1.99. The predicted octanol–water partition coefficient (Wildman–Crippen LogP) is 2.79. The summed E-state index contributed by atoms with van der Waals surface area (Å²) in [7, 11) is 0. The van der Waals surface area contributed by atoms with E-state index in [1.165, 1.54) is 0 Å². The Kier molecular flexibility index (Phi) is 5.44. The second-order valence-corrected chi connectivity index (χ2v) is 3.01. The van der Waals surface area contributed by atoms with Crippen molar-refractivity contribution >= 4 is 6.72 Å². The van der Waals surface area contributed by atoms with Crippen LogP contribution in [0.25, 0.3) is 0 Å². The summed E-state index contributed by atoms with van der Waals surface area (Å²) in [5, 5.41) is 0. The van der Waals surface area contributed by atoms with Crippen molar-refractivity contribution in [3.05, 3.63) is 24.6 Å². The highest BCUT2D eigenvalue weighted by Gasteiger charge is 1.89. The van der Waals surface area contributed by atoms with Gasteiger partial charge in [-0.05, 0) is 31.4 Å². The van der Waals surface area contributed by atoms with Crippen molar-refractivity contribution in [2.45, 2.75) is 27.2 Å². The van der Waals surface area contributed by atoms with Crippen LogP contribution in [0, 0.1) is 5.92 Å². The minimum atomic E-state index is 0.727. The van der Waals surface area contributed by atoms with Gasteiger partial charge >= 0.3 is 0 Å². The lowest BCUT2D eigenvalue weighted by Gasteiger charge is -1.93. The molecule has 0 aliphatic carbocycles. The van der Waals surface area contributed by atoms with Gasteiger partial charge in [-0.2, -0.15) is 4.58 Å². The Labute approximate surface area is 69.7 Å². The van der Waals surface area contributed by atoms with Gasteiger partial charge in [0.1, 0.15) is 6.72 Å². The number of nitrogens with zero attached hydrogens (tertiary/aromatic N) is 1. The molecule has 0 aromatic rings. The van der Waals surface area contributed by atoms with Crippen LogP contribution in [0.5, 0.6) is 0 Å². The van der Waals surface area contributed by atoms with Gasteiger partial charge in [-0.3, -0.25) is 0 Å². The van der Waals surface area contributed by atoms with Gasteiger partial charge in [0.25, 0.3) is 0 Å². The maximum absolute atomic E-state index is 3.78. The summed E-state index contributed by atoms with van der Waals surface area (Å²) in [6.07, 6.45) is 9.13. The van der Waals surface area contributed by atoms with Crippen molar-refractivity contribution in [1.29, 1.82) is 0 Å². The molecule has 0 aromatic carbocycles. The minimum Gasteiger partial charge on any atom is -0.181 e. The lowest BCUT2D eigenvalue weighted by Crippen LogP contribution is -1.89. The number of hydrogen-bond acceptors (Lipinski definition) is 0. The zero-order chi connectivity index (χ0) is 8.69. The first-order valence-electron chi connectivity index (χ1n) is 4.05. The first kappa shape index (κ1) is 10.2. The Morgan fingerprint density at radius 3 is 2.45 bits per heavy atom. The highest BCUT2D eigenvalue weighted by atomic mass is 14.9. The third kappa shape index (κ3) is 7.04. The Bertz CT molecular complexity index is 164. The molecule has 0 unspecified atom stereocenters. The van der Waals surface area contributed by atoms with E-state index >= 15 is 0 Å². The van der Waals surface area contributed by atoms with E-state index in [4.69, 9.17) is 0 Å². The molecule has 0 spiro atoms. The topological polar surface area (TPSA) is 3.01 Å². The van der Waals surface area contributed by atoms with Gasteiger partial charge in [0.15, 0.2) is 12.4 Å². The molecular weight excluding hydrogens is 134 g/mol. The molecule has 0 aliphatic heterocycles. The summed E-state index contributed by atoms with van der Waals surface area (Å²) in [6, 6.07) is 0. The molecule has 0 saturated carbocycles. The van der Waals surface area contributed by atoms with Crippen molar-refractivity contribution < 1.29 is 4.58 Å². The normalized spacial score (nSPS) is 12.0. The molecule has 62 valence electrons. The van der Waals surface area contributed by atoms with Crippen LogP contribution < -0.4 is 0 Å². The molecule has 0 N–H and O–H groups in total. The summed E-state index contributed by atoms with van der Waals surface area (Å²) < 4.78 is 1.81. The molecule has 0 amide bonds. The third-order valence-electron chi connectivity index (χ3n) is 1.24. The zero-order valence-corrected chi connectivity index (χ0v) is 7.75. The molecule has 0 saturated heterocycles. The Morgan fingerprint density at radius 2 is 2.00 bits per heavy atom. The second kappa shape index (κ2) is 5.90. The maximum atomic E-state index is 3.78. The van der Waals surface area contributed by atoms with Crippen molar-refractivity contribution in [1.82, 2.24) is 0 Å². The lowest BCUT2D eigenvalue weighted by molar-refractivity contribution is -0.367. The standard InChI is InChI=1S/C10H18N/c1-5-8-11(4)9-6-7-10(2)3/h5-6,8-10H,4,7H2,1-3H3/q+1/b8-5-,9-6-. The molecule has 0 fully saturated rings. The van der Waals surface area contributed by atoms with Crippen molar-refractivity contribution in [3.63, 3.8) is 0 Å². The fourth-order valence-electron chi connectivity index (χ4n) is 0.710. The summed E-state index contributed by atoms with van der Waals surface area (Å²) in [4.78, 5) is 0. The van der Waals surface area contributed by atoms with Gasteiger partial charge in [0, 0.05) is 0 Å². The van der Waals surface area contributed by atoms with Crippen LogP contribution in [-0.4, -0.2) is 11.3 Å². The average molecular weight is 152 g/mol. The van der Waals surface area contributed by atoms with Gasteiger partial charge in [-0.15, -0.1) is 0 Å². The van der Waals surface area contributed by atoms with Crippen molar-refractivity contribution in [3.8, 4) is 0 Å². The van der Waals surface area contributed by atoms with Crippen LogP contribution in [0.4, 0.5) is 0 Å². The zero-order valence-electron chi connectivity index (χ0n) is 7.75. The fourth-order valence-corrected chi connectivity index (χ4v) is 0.710. The van der Waals surface area contributed by atoms with E-state index in [0.29, 0.717) is 0 Å². The number of allylic oxidation sites excluding steroid dienone is 2. The Balaban J connectivity index is 3.65. The van der Waals surface area contributed by atoms with Gasteiger partial charge in [-0.25, -0.2) is 0 Å². The van der Waals surface area contributed by atoms with Gasteiger partial charge in [0.2, 0.25) is 0 Å². The average Bonchev–Trinajstić information content (AvgIpc) is 1.87. The molecule has 1 nitrogen and oxygen atoms in total. The van der Waals surface area contributed by atoms with E-state index in [-0.39, 0.29) is 0 Å². The molecule has 0 bridgehead atoms. The third-order valence-corrected chi connectivity index (χ3v) is 1.24. The van der Waals surface area contributed by atoms with E-state index in [9.17, 15) is 0 Å². The molecule has 11 heavy (non-hydrogen) atoms. The molecule has 0 aromatic heterocycles. The van der Waals surface area contributed by atoms with Crippen LogP contribution in [0.3, 0.4) is 0 Å². The summed E-state index contributed by atoms with van der Waals surface area (Å²) >= 11 is 0. The van der Waals surface area contributed by atoms with Gasteiger partial charge in [0.05, 0.1) is 0 Å². The molecule has 0 rings (SSSR count). The second-order valence-electron chi connectivity index (χ2n) is 3.01. The molecule has 0 heterocycles. The van der Waals surface area contributed by atoms with E-state index in [2.05, 4.69) is 26.6 Å². The van der Waals surface area contributed by atoms with E-state index in [1.807, 2.05) is 30.0 Å². The smallest absolute Gasteiger partial charge is 0.169 e. The Hall–Kier alpha value is -0.850. The first-order chi connectivity index (χ1) is 5.16. The molecule has 0 atom stereocenters. The summed E-state index contributed by atoms with van der Waals surface area (Å²) in [5.74, 6) is 0.727. The number of hydrogen-bond donors (Lipinski definition) is 0. The van der Waals surface area contributed by atoms with Crippen molar-refractivity contribution in [2.24, 2.45) is 5.92 Å². The van der Waals surface area contributed by atoms with Gasteiger partial charge in [-0.1, -0.05) is 13.8 Å². The number of rotatable bonds is 4. The van der Waals surface area contributed by atoms with Crippen LogP contribution in [0.1, 0.15) is 27.2 Å². The molecule has 0 aliphatic rings. The SMILES string of the molecule is C=[N+](/C=C\C)/C=C\CC(C)C. The minimum absolute atomic E-state index is 0.727. The van der Waals surface area contributed by atoms with Crippen LogP contribution in [-0.2, 0) is 0 Å². The largest absolute Gasteiger partial charge is 0.181 e. The molecule has 0 radical (unpaired) electrons. The monoisotopic (exact) mass is 152 g/mol. The van der Waals surface area contributed by atoms with Crippen molar-refractivity contribution in [2.75, 3.05) is 0 Å². The van der Waals surface area contributed by atoms with E-state index in [0.717, 1.165) is 12.3 Å². The first-order valence-corrected chi connectivity index (χ1v) is 4.05. The van der Waals surface area contributed by atoms with Crippen LogP contribution >= 0.6 is 0 Å². The van der Waals surface area contributed by atoms with E-state index < -0.39 is 0 Å². The molecule has 1 heteroatoms. The molecular formula is C10H18N+. The fraction of sp³-hybridized carbons (Fsp3) is 0.500. The maximum Gasteiger partial charge on any atom is 0.169 e. The quantitative estimate of drug-likeness (QED) is 0.430. The van der Waals surface area contributed by atoms with Gasteiger partial charge < -0.3 is 0 Å². The van der Waals surface area contributed by atoms with Crippen LogP contribution in [0.15, 0.2) is 24.6 Å². The summed E-state index contributed by atoms with van der Waals surface area (Å²) in [5.41, 5.74) is 0. The Morgan fingerprint density at radius 1 is 1.36 bits per heavy atom. The van der Waals surface area contributed by atoms with E-state index in [1.54, 1.807) is 0 Å². The lowest BCUT2D eigenvalue weighted by atomic mass is 10.1. The predicted molar refractivity (Wildman–Crippen MR) is 50.8 cm³/mol. The summed E-state index contributed by atoms with van der Waals surface area (Å²) in [6.45, 7) is 10.2.